The van der Waals surface area contributed by atoms with Gasteiger partial charge < -0.3 is 5.32 Å². The minimum absolute atomic E-state index is 0.563. The molecule has 0 aromatic heterocycles. The van der Waals surface area contributed by atoms with E-state index in [2.05, 4.69) is 44.8 Å². The molecule has 2 heteroatoms. The molecule has 0 aromatic rings. The van der Waals surface area contributed by atoms with Crippen LogP contribution in [-0.4, -0.2) is 36.6 Å². The molecule has 1 N–H and O–H groups in total. The van der Waals surface area contributed by atoms with Crippen LogP contribution >= 0.6 is 0 Å². The van der Waals surface area contributed by atoms with Crippen LogP contribution in [0.4, 0.5) is 0 Å². The van der Waals surface area contributed by atoms with Gasteiger partial charge in [0.15, 0.2) is 0 Å². The third kappa shape index (κ3) is 4.21. The molecule has 0 bridgehead atoms. The van der Waals surface area contributed by atoms with Crippen molar-refractivity contribution in [2.75, 3.05) is 19.6 Å². The summed E-state index contributed by atoms with van der Waals surface area (Å²) in [4.78, 5) is 2.84. The van der Waals surface area contributed by atoms with E-state index in [-0.39, 0.29) is 0 Å². The van der Waals surface area contributed by atoms with E-state index in [1.807, 2.05) is 0 Å². The largest absolute Gasteiger partial charge is 0.317 e. The molecule has 20 heavy (non-hydrogen) atoms. The lowest BCUT2D eigenvalue weighted by molar-refractivity contribution is 0.0268. The van der Waals surface area contributed by atoms with Crippen molar-refractivity contribution in [1.82, 2.24) is 10.2 Å². The summed E-state index contributed by atoms with van der Waals surface area (Å²) in [6, 6.07) is 1.51. The second kappa shape index (κ2) is 6.79. The molecule has 1 aliphatic carbocycles. The number of hydrogen-bond acceptors (Lipinski definition) is 2. The van der Waals surface area contributed by atoms with Gasteiger partial charge in [0.25, 0.3) is 0 Å². The summed E-state index contributed by atoms with van der Waals surface area (Å²) < 4.78 is 0. The van der Waals surface area contributed by atoms with Gasteiger partial charge in [-0.3, -0.25) is 4.90 Å². The van der Waals surface area contributed by atoms with Crippen LogP contribution in [0.15, 0.2) is 0 Å². The van der Waals surface area contributed by atoms with Crippen molar-refractivity contribution in [3.8, 4) is 0 Å². The minimum atomic E-state index is 0.563. The van der Waals surface area contributed by atoms with E-state index in [9.17, 15) is 0 Å². The molecule has 1 heterocycles. The first-order valence-corrected chi connectivity index (χ1v) is 8.85. The maximum Gasteiger partial charge on any atom is 0.0124 e. The third-order valence-corrected chi connectivity index (χ3v) is 5.67. The van der Waals surface area contributed by atoms with E-state index in [1.165, 1.54) is 51.7 Å². The first kappa shape index (κ1) is 16.3. The Kier molecular flexibility index (Phi) is 5.53. The molecule has 2 fully saturated rings. The Labute approximate surface area is 126 Å². The topological polar surface area (TPSA) is 15.3 Å². The molecule has 0 spiro atoms. The lowest BCUT2D eigenvalue weighted by atomic mass is 9.70. The smallest absolute Gasteiger partial charge is 0.0124 e. The fourth-order valence-corrected chi connectivity index (χ4v) is 4.52. The summed E-state index contributed by atoms with van der Waals surface area (Å²) >= 11 is 0. The lowest BCUT2D eigenvalue weighted by Gasteiger charge is -2.47. The van der Waals surface area contributed by atoms with Gasteiger partial charge in [-0.05, 0) is 76.3 Å². The highest BCUT2D eigenvalue weighted by Crippen LogP contribution is 2.41. The monoisotopic (exact) mass is 280 g/mol. The molecule has 2 atom stereocenters. The van der Waals surface area contributed by atoms with Crippen LogP contribution in [0.2, 0.25) is 0 Å². The first-order valence-electron chi connectivity index (χ1n) is 8.85. The second-order valence-corrected chi connectivity index (χ2v) is 8.44. The number of nitrogens with zero attached hydrogens (tertiary/aromatic N) is 1. The van der Waals surface area contributed by atoms with Crippen molar-refractivity contribution in [2.24, 2.45) is 17.3 Å². The van der Waals surface area contributed by atoms with Crippen LogP contribution in [0.25, 0.3) is 0 Å². The van der Waals surface area contributed by atoms with Gasteiger partial charge in [-0.2, -0.15) is 0 Å². The van der Waals surface area contributed by atoms with E-state index in [4.69, 9.17) is 0 Å². The summed E-state index contributed by atoms with van der Waals surface area (Å²) in [5.41, 5.74) is 0.563. The highest BCUT2D eigenvalue weighted by molar-refractivity contribution is 4.90. The summed E-state index contributed by atoms with van der Waals surface area (Å²) in [6.45, 7) is 16.0. The molecule has 1 saturated heterocycles. The Hall–Kier alpha value is -0.0800. The van der Waals surface area contributed by atoms with E-state index in [0.29, 0.717) is 11.5 Å². The van der Waals surface area contributed by atoms with Crippen LogP contribution in [0.3, 0.4) is 0 Å². The molecule has 0 aromatic carbocycles. The standard InChI is InChI=1S/C18H36N2/c1-14(2)20(13-16-7-10-19-11-8-16)17-6-9-18(4,5)12-15(17)3/h14-17,19H,6-13H2,1-5H3. The van der Waals surface area contributed by atoms with Gasteiger partial charge in [0.1, 0.15) is 0 Å². The average Bonchev–Trinajstić information content (AvgIpc) is 2.37. The van der Waals surface area contributed by atoms with Gasteiger partial charge in [-0.15, -0.1) is 0 Å². The van der Waals surface area contributed by atoms with Gasteiger partial charge in [0.05, 0.1) is 0 Å². The zero-order valence-corrected chi connectivity index (χ0v) is 14.4. The predicted molar refractivity (Wildman–Crippen MR) is 88.0 cm³/mol. The van der Waals surface area contributed by atoms with Crippen molar-refractivity contribution in [2.45, 2.75) is 78.8 Å². The van der Waals surface area contributed by atoms with Crippen molar-refractivity contribution in [1.29, 1.82) is 0 Å². The van der Waals surface area contributed by atoms with Gasteiger partial charge in [0, 0.05) is 18.6 Å². The number of piperidine rings is 1. The van der Waals surface area contributed by atoms with Crippen LogP contribution in [-0.2, 0) is 0 Å². The van der Waals surface area contributed by atoms with Gasteiger partial charge in [-0.25, -0.2) is 0 Å². The van der Waals surface area contributed by atoms with Crippen LogP contribution in [0.1, 0.15) is 66.7 Å². The number of nitrogens with one attached hydrogen (secondary N) is 1. The Bertz CT molecular complexity index is 292. The number of hydrogen-bond donors (Lipinski definition) is 1. The average molecular weight is 280 g/mol. The van der Waals surface area contributed by atoms with E-state index in [1.54, 1.807) is 0 Å². The Morgan fingerprint density at radius 3 is 2.35 bits per heavy atom. The molecular weight excluding hydrogens is 244 g/mol. The Balaban J connectivity index is 1.97. The van der Waals surface area contributed by atoms with Crippen molar-refractivity contribution >= 4 is 0 Å². The Morgan fingerprint density at radius 1 is 1.15 bits per heavy atom. The maximum atomic E-state index is 3.50. The zero-order chi connectivity index (χ0) is 14.8. The normalized spacial score (nSPS) is 31.9. The molecular formula is C18H36N2. The molecule has 2 unspecified atom stereocenters. The van der Waals surface area contributed by atoms with Crippen LogP contribution in [0.5, 0.6) is 0 Å². The fraction of sp³-hybridized carbons (Fsp3) is 1.00. The molecule has 1 aliphatic heterocycles. The van der Waals surface area contributed by atoms with Crippen molar-refractivity contribution in [3.63, 3.8) is 0 Å². The SMILES string of the molecule is CC1CC(C)(C)CCC1N(CC1CCNCC1)C(C)C. The van der Waals surface area contributed by atoms with Crippen molar-refractivity contribution < 1.29 is 0 Å². The second-order valence-electron chi connectivity index (χ2n) is 8.44. The third-order valence-electron chi connectivity index (χ3n) is 5.67. The van der Waals surface area contributed by atoms with Gasteiger partial charge in [0.2, 0.25) is 0 Å². The first-order chi connectivity index (χ1) is 9.39. The molecule has 2 nitrogen and oxygen atoms in total. The van der Waals surface area contributed by atoms with Crippen LogP contribution in [0, 0.1) is 17.3 Å². The van der Waals surface area contributed by atoms with E-state index in [0.717, 1.165) is 17.9 Å². The predicted octanol–water partition coefficient (Wildman–Crippen LogP) is 3.91. The molecule has 118 valence electrons. The molecule has 1 saturated carbocycles. The van der Waals surface area contributed by atoms with Gasteiger partial charge >= 0.3 is 0 Å². The quantitative estimate of drug-likeness (QED) is 0.840. The molecule has 2 rings (SSSR count). The summed E-state index contributed by atoms with van der Waals surface area (Å²) in [5.74, 6) is 1.77. The molecule has 0 amide bonds. The zero-order valence-electron chi connectivity index (χ0n) is 14.4. The van der Waals surface area contributed by atoms with E-state index >= 15 is 0 Å². The highest BCUT2D eigenvalue weighted by atomic mass is 15.2. The van der Waals surface area contributed by atoms with Gasteiger partial charge in [-0.1, -0.05) is 20.8 Å². The summed E-state index contributed by atoms with van der Waals surface area (Å²) in [7, 11) is 0. The van der Waals surface area contributed by atoms with Crippen molar-refractivity contribution in [3.05, 3.63) is 0 Å². The van der Waals surface area contributed by atoms with E-state index < -0.39 is 0 Å². The van der Waals surface area contributed by atoms with Crippen LogP contribution < -0.4 is 5.32 Å². The lowest BCUT2D eigenvalue weighted by Crippen LogP contribution is -2.50. The minimum Gasteiger partial charge on any atom is -0.317 e. The summed E-state index contributed by atoms with van der Waals surface area (Å²) in [6.07, 6.45) is 6.94. The highest BCUT2D eigenvalue weighted by Gasteiger charge is 2.36. The maximum absolute atomic E-state index is 3.50. The molecule has 0 radical (unpaired) electrons. The fourth-order valence-electron chi connectivity index (χ4n) is 4.52. The summed E-state index contributed by atoms with van der Waals surface area (Å²) in [5, 5.41) is 3.50. The molecule has 2 aliphatic rings. The Morgan fingerprint density at radius 2 is 1.80 bits per heavy atom. The number of rotatable bonds is 4.